The zero-order chi connectivity index (χ0) is 39.4. The highest BCUT2D eigenvalue weighted by molar-refractivity contribution is 5.95. The van der Waals surface area contributed by atoms with Gasteiger partial charge in [0.15, 0.2) is 0 Å². The van der Waals surface area contributed by atoms with Crippen molar-refractivity contribution in [1.82, 2.24) is 10.6 Å². The molecule has 2 amide bonds. The Morgan fingerprint density at radius 2 is 0.700 bits per heavy atom. The van der Waals surface area contributed by atoms with E-state index in [-0.39, 0.29) is 23.9 Å². The van der Waals surface area contributed by atoms with Crippen LogP contribution >= 0.6 is 0 Å². The molecule has 0 saturated heterocycles. The largest absolute Gasteiger partial charge is 0.478 e. The van der Waals surface area contributed by atoms with E-state index in [1.165, 1.54) is 36.4 Å². The average molecular weight is 711 g/mol. The quantitative estimate of drug-likeness (QED) is 0.165. The number of carboxylic acids is 6. The Labute approximate surface area is 283 Å². The van der Waals surface area contributed by atoms with Crippen molar-refractivity contribution in [1.29, 1.82) is 0 Å². The molecule has 0 aliphatic carbocycles. The lowest BCUT2D eigenvalue weighted by Crippen LogP contribution is -2.30. The SMILES string of the molecule is CC(C)NC(=O)c1cccc(F)c1.CC(C)NC(=O)c1cccc(F)c1.O=C(O)/C=C/C(=O)O.O=C(O)/C=C/C(=O)O.O=C(O)/C=C/C(=O)O. The molecule has 2 aromatic carbocycles. The molecule has 2 aromatic rings. The number of amides is 2. The van der Waals surface area contributed by atoms with Crippen molar-refractivity contribution >= 4 is 47.6 Å². The van der Waals surface area contributed by atoms with E-state index < -0.39 is 47.5 Å². The van der Waals surface area contributed by atoms with E-state index in [1.807, 2.05) is 27.7 Å². The third-order valence-corrected chi connectivity index (χ3v) is 4.12. The summed E-state index contributed by atoms with van der Waals surface area (Å²) < 4.78 is 25.4. The van der Waals surface area contributed by atoms with Crippen LogP contribution in [0, 0.1) is 11.6 Å². The fourth-order valence-electron chi connectivity index (χ4n) is 2.38. The lowest BCUT2D eigenvalue weighted by atomic mass is 10.2. The van der Waals surface area contributed by atoms with Gasteiger partial charge in [-0.15, -0.1) is 0 Å². The summed E-state index contributed by atoms with van der Waals surface area (Å²) in [5.41, 5.74) is 0.711. The number of carboxylic acid groups (broad SMARTS) is 6. The maximum Gasteiger partial charge on any atom is 0.328 e. The highest BCUT2D eigenvalue weighted by Gasteiger charge is 2.07. The fraction of sp³-hybridized carbons (Fsp3) is 0.188. The van der Waals surface area contributed by atoms with E-state index in [9.17, 15) is 47.1 Å². The maximum atomic E-state index is 12.7. The van der Waals surface area contributed by atoms with Crippen LogP contribution in [-0.4, -0.2) is 90.4 Å². The first-order valence-electron chi connectivity index (χ1n) is 13.6. The van der Waals surface area contributed by atoms with Crippen molar-refractivity contribution in [3.63, 3.8) is 0 Å². The van der Waals surface area contributed by atoms with Crippen LogP contribution in [0.3, 0.4) is 0 Å². The molecule has 18 heteroatoms. The normalized spacial score (nSPS) is 9.84. The first-order chi connectivity index (χ1) is 23.1. The number of halogens is 2. The Balaban J connectivity index is -0.000000565. The molecule has 2 rings (SSSR count). The summed E-state index contributed by atoms with van der Waals surface area (Å²) in [7, 11) is 0. The van der Waals surface area contributed by atoms with Gasteiger partial charge in [-0.3, -0.25) is 9.59 Å². The maximum absolute atomic E-state index is 12.7. The molecule has 0 fully saturated rings. The molecule has 16 nitrogen and oxygen atoms in total. The molecule has 0 radical (unpaired) electrons. The third kappa shape index (κ3) is 34.2. The van der Waals surface area contributed by atoms with E-state index >= 15 is 0 Å². The van der Waals surface area contributed by atoms with Crippen LogP contribution in [-0.2, 0) is 28.8 Å². The van der Waals surface area contributed by atoms with Gasteiger partial charge in [0.25, 0.3) is 11.8 Å². The summed E-state index contributed by atoms with van der Waals surface area (Å²) >= 11 is 0. The van der Waals surface area contributed by atoms with E-state index in [1.54, 1.807) is 12.1 Å². The summed E-state index contributed by atoms with van der Waals surface area (Å²) in [6.07, 6.45) is 3.35. The van der Waals surface area contributed by atoms with Gasteiger partial charge in [-0.25, -0.2) is 37.5 Å². The summed E-state index contributed by atoms with van der Waals surface area (Å²) in [5.74, 6) is -8.81. The van der Waals surface area contributed by atoms with Gasteiger partial charge >= 0.3 is 35.8 Å². The Kier molecular flexibility index (Phi) is 26.1. The minimum atomic E-state index is -1.26. The standard InChI is InChI=1S/2C10H12FNO.3C4H4O4/c2*1-7(2)12-10(13)8-4-3-5-9(11)6-8;3*5-3(6)1-2-4(7)8/h2*3-7H,1-2H3,(H,12,13);3*1-2H,(H,5,6)(H,7,8)/b;;3*2-1+. The second-order valence-corrected chi connectivity index (χ2v) is 9.31. The molecule has 0 atom stereocenters. The molecule has 50 heavy (non-hydrogen) atoms. The molecule has 0 aliphatic rings. The van der Waals surface area contributed by atoms with Gasteiger partial charge in [-0.1, -0.05) is 12.1 Å². The molecular formula is C32H36F2N2O14. The molecule has 0 aromatic heterocycles. The van der Waals surface area contributed by atoms with Crippen molar-refractivity contribution in [3.05, 3.63) is 108 Å². The summed E-state index contributed by atoms with van der Waals surface area (Å²) in [5, 5.41) is 52.2. The predicted molar refractivity (Wildman–Crippen MR) is 171 cm³/mol. The van der Waals surface area contributed by atoms with Crippen molar-refractivity contribution in [3.8, 4) is 0 Å². The number of aliphatic carboxylic acids is 6. The van der Waals surface area contributed by atoms with Gasteiger partial charge < -0.3 is 41.3 Å². The molecular weight excluding hydrogens is 674 g/mol. The first-order valence-corrected chi connectivity index (χ1v) is 13.6. The van der Waals surface area contributed by atoms with Crippen molar-refractivity contribution in [2.45, 2.75) is 39.8 Å². The van der Waals surface area contributed by atoms with E-state index in [2.05, 4.69) is 10.6 Å². The van der Waals surface area contributed by atoms with Crippen LogP contribution in [0.1, 0.15) is 48.4 Å². The van der Waals surface area contributed by atoms with Crippen LogP contribution in [0.5, 0.6) is 0 Å². The lowest BCUT2D eigenvalue weighted by Gasteiger charge is -2.07. The first kappa shape index (κ1) is 47.7. The number of benzene rings is 2. The zero-order valence-corrected chi connectivity index (χ0v) is 26.9. The molecule has 0 aliphatic heterocycles. The van der Waals surface area contributed by atoms with Crippen LogP contribution in [0.15, 0.2) is 85.0 Å². The Hall–Kier alpha value is -6.72. The van der Waals surface area contributed by atoms with E-state index in [0.29, 0.717) is 47.6 Å². The molecule has 0 saturated carbocycles. The highest BCUT2D eigenvalue weighted by Crippen LogP contribution is 2.04. The Morgan fingerprint density at radius 1 is 0.480 bits per heavy atom. The van der Waals surface area contributed by atoms with Crippen LogP contribution in [0.4, 0.5) is 8.78 Å². The number of nitrogens with one attached hydrogen (secondary N) is 2. The smallest absolute Gasteiger partial charge is 0.328 e. The van der Waals surface area contributed by atoms with Crippen molar-refractivity contribution < 1.29 is 77.8 Å². The van der Waals surface area contributed by atoms with E-state index in [0.717, 1.165) is 0 Å². The Bertz CT molecular complexity index is 1360. The molecule has 272 valence electrons. The van der Waals surface area contributed by atoms with Gasteiger partial charge in [0, 0.05) is 59.7 Å². The highest BCUT2D eigenvalue weighted by atomic mass is 19.1. The molecule has 0 unspecified atom stereocenters. The predicted octanol–water partition coefficient (Wildman–Crippen LogP) is 3.06. The van der Waals surface area contributed by atoms with Crippen molar-refractivity contribution in [2.75, 3.05) is 0 Å². The van der Waals surface area contributed by atoms with Crippen molar-refractivity contribution in [2.24, 2.45) is 0 Å². The van der Waals surface area contributed by atoms with E-state index in [4.69, 9.17) is 30.6 Å². The minimum Gasteiger partial charge on any atom is -0.478 e. The molecule has 0 bridgehead atoms. The van der Waals surface area contributed by atoms with Gasteiger partial charge in [0.1, 0.15) is 11.6 Å². The number of carbonyl (C=O) groups excluding carboxylic acids is 2. The lowest BCUT2D eigenvalue weighted by molar-refractivity contribution is -0.134. The minimum absolute atomic E-state index is 0.0655. The Morgan fingerprint density at radius 3 is 0.860 bits per heavy atom. The number of hydrogen-bond donors (Lipinski definition) is 8. The van der Waals surface area contributed by atoms with Crippen LogP contribution < -0.4 is 10.6 Å². The van der Waals surface area contributed by atoms with Crippen LogP contribution in [0.25, 0.3) is 0 Å². The van der Waals surface area contributed by atoms with Gasteiger partial charge in [0.05, 0.1) is 0 Å². The average Bonchev–Trinajstić information content (AvgIpc) is 2.98. The molecule has 0 heterocycles. The third-order valence-electron chi connectivity index (χ3n) is 4.12. The monoisotopic (exact) mass is 710 g/mol. The second kappa shape index (κ2) is 27.4. The molecule has 0 spiro atoms. The summed E-state index contributed by atoms with van der Waals surface area (Å²) in [4.78, 5) is 80.0. The number of carbonyl (C=O) groups is 8. The van der Waals surface area contributed by atoms with Gasteiger partial charge in [-0.2, -0.15) is 0 Å². The topological polar surface area (TPSA) is 282 Å². The summed E-state index contributed by atoms with van der Waals surface area (Å²) in [6.45, 7) is 7.43. The second-order valence-electron chi connectivity index (χ2n) is 9.31. The fourth-order valence-corrected chi connectivity index (χ4v) is 2.38. The van der Waals surface area contributed by atoms with Crippen LogP contribution in [0.2, 0.25) is 0 Å². The zero-order valence-electron chi connectivity index (χ0n) is 26.9. The number of hydrogen-bond acceptors (Lipinski definition) is 8. The number of rotatable bonds is 10. The van der Waals surface area contributed by atoms with Gasteiger partial charge in [0.2, 0.25) is 0 Å². The summed E-state index contributed by atoms with van der Waals surface area (Å²) in [6, 6.07) is 11.4. The van der Waals surface area contributed by atoms with Gasteiger partial charge in [-0.05, 0) is 64.1 Å². The molecule has 8 N–H and O–H groups in total.